The van der Waals surface area contributed by atoms with Gasteiger partial charge in [-0.05, 0) is 50.9 Å². The van der Waals surface area contributed by atoms with Gasteiger partial charge in [0.15, 0.2) is 11.6 Å². The number of aromatic nitrogens is 2. The van der Waals surface area contributed by atoms with Gasteiger partial charge < -0.3 is 19.4 Å². The Balaban J connectivity index is 1.35. The van der Waals surface area contributed by atoms with Crippen LogP contribution in [0.25, 0.3) is 11.7 Å². The van der Waals surface area contributed by atoms with E-state index >= 15 is 0 Å². The van der Waals surface area contributed by atoms with Crippen LogP contribution in [-0.2, 0) is 6.54 Å². The molecule has 2 aliphatic heterocycles. The molecule has 2 aromatic heterocycles. The van der Waals surface area contributed by atoms with E-state index < -0.39 is 5.60 Å². The number of aliphatic hydroxyl groups is 1. The number of hydrogen-bond donors (Lipinski definition) is 2. The fraction of sp³-hybridized carbons (Fsp3) is 0.647. The minimum atomic E-state index is -0.660. The van der Waals surface area contributed by atoms with Crippen LogP contribution in [-0.4, -0.2) is 51.4 Å². The van der Waals surface area contributed by atoms with Gasteiger partial charge in [0.2, 0.25) is 0 Å². The van der Waals surface area contributed by atoms with E-state index in [0.717, 1.165) is 32.4 Å². The SMILES string of the molecule is O[C@@]1(CNCc2noc(-c3ccco3)n2)CCCN2CCCC[C@@H]21. The first-order valence-corrected chi connectivity index (χ1v) is 8.78. The smallest absolute Gasteiger partial charge is 0.293 e. The van der Waals surface area contributed by atoms with E-state index in [1.165, 1.54) is 12.8 Å². The molecule has 4 rings (SSSR count). The fourth-order valence-electron chi connectivity index (χ4n) is 4.05. The first-order valence-electron chi connectivity index (χ1n) is 8.78. The minimum Gasteiger partial charge on any atom is -0.459 e. The lowest BCUT2D eigenvalue weighted by Gasteiger charge is -2.49. The van der Waals surface area contributed by atoms with Crippen molar-refractivity contribution in [2.75, 3.05) is 19.6 Å². The van der Waals surface area contributed by atoms with Crippen molar-refractivity contribution in [3.63, 3.8) is 0 Å². The summed E-state index contributed by atoms with van der Waals surface area (Å²) in [5.41, 5.74) is -0.660. The Morgan fingerprint density at radius 1 is 1.33 bits per heavy atom. The summed E-state index contributed by atoms with van der Waals surface area (Å²) < 4.78 is 10.4. The van der Waals surface area contributed by atoms with E-state index in [-0.39, 0.29) is 6.04 Å². The molecular formula is C17H24N4O3. The second-order valence-corrected chi connectivity index (χ2v) is 6.85. The molecule has 4 heterocycles. The maximum absolute atomic E-state index is 11.1. The average Bonchev–Trinajstić information content (AvgIpc) is 3.27. The third-order valence-electron chi connectivity index (χ3n) is 5.20. The van der Waals surface area contributed by atoms with Gasteiger partial charge in [-0.3, -0.25) is 4.90 Å². The number of furan rings is 1. The van der Waals surface area contributed by atoms with Crippen LogP contribution in [0.5, 0.6) is 0 Å². The summed E-state index contributed by atoms with van der Waals surface area (Å²) in [6.07, 6.45) is 7.03. The van der Waals surface area contributed by atoms with Crippen molar-refractivity contribution in [1.82, 2.24) is 20.4 Å². The molecule has 0 radical (unpaired) electrons. The first kappa shape index (κ1) is 15.8. The largest absolute Gasteiger partial charge is 0.459 e. The van der Waals surface area contributed by atoms with Crippen LogP contribution >= 0.6 is 0 Å². The van der Waals surface area contributed by atoms with Crippen LogP contribution in [0.2, 0.25) is 0 Å². The average molecular weight is 332 g/mol. The van der Waals surface area contributed by atoms with E-state index in [1.54, 1.807) is 18.4 Å². The quantitative estimate of drug-likeness (QED) is 0.863. The van der Waals surface area contributed by atoms with Crippen LogP contribution in [0.15, 0.2) is 27.3 Å². The predicted octanol–water partition coefficient (Wildman–Crippen LogP) is 1.80. The molecular weight excluding hydrogens is 308 g/mol. The zero-order valence-electron chi connectivity index (χ0n) is 13.8. The Morgan fingerprint density at radius 2 is 2.25 bits per heavy atom. The summed E-state index contributed by atoms with van der Waals surface area (Å²) in [6, 6.07) is 3.84. The zero-order chi connectivity index (χ0) is 16.4. The standard InChI is InChI=1S/C17H24N4O3/c22-17(7-4-9-21-8-2-1-6-14(17)21)12-18-11-15-19-16(24-20-15)13-5-3-10-23-13/h3,5,10,14,18,22H,1-2,4,6-9,11-12H2/t14-,17-/m1/s1. The van der Waals surface area contributed by atoms with Crippen molar-refractivity contribution < 1.29 is 14.0 Å². The highest BCUT2D eigenvalue weighted by atomic mass is 16.5. The maximum Gasteiger partial charge on any atom is 0.293 e. The fourth-order valence-corrected chi connectivity index (χ4v) is 4.05. The molecule has 0 amide bonds. The third kappa shape index (κ3) is 3.11. The molecule has 130 valence electrons. The predicted molar refractivity (Wildman–Crippen MR) is 87.1 cm³/mol. The highest BCUT2D eigenvalue weighted by Gasteiger charge is 2.43. The molecule has 2 saturated heterocycles. The van der Waals surface area contributed by atoms with Gasteiger partial charge in [0.25, 0.3) is 5.89 Å². The summed E-state index contributed by atoms with van der Waals surface area (Å²) >= 11 is 0. The normalized spacial score (nSPS) is 28.0. The molecule has 24 heavy (non-hydrogen) atoms. The summed E-state index contributed by atoms with van der Waals surface area (Å²) in [5.74, 6) is 1.52. The Hall–Kier alpha value is -1.70. The summed E-state index contributed by atoms with van der Waals surface area (Å²) in [6.45, 7) is 3.26. The highest BCUT2D eigenvalue weighted by Crippen LogP contribution is 2.33. The van der Waals surface area contributed by atoms with Gasteiger partial charge in [-0.25, -0.2) is 0 Å². The number of piperidine rings is 2. The summed E-state index contributed by atoms with van der Waals surface area (Å²) in [4.78, 5) is 6.77. The molecule has 2 fully saturated rings. The molecule has 0 saturated carbocycles. The third-order valence-corrected chi connectivity index (χ3v) is 5.20. The van der Waals surface area contributed by atoms with E-state index in [9.17, 15) is 5.11 Å². The van der Waals surface area contributed by atoms with Crippen molar-refractivity contribution in [2.24, 2.45) is 0 Å². The van der Waals surface area contributed by atoms with E-state index in [2.05, 4.69) is 20.4 Å². The molecule has 2 aliphatic rings. The highest BCUT2D eigenvalue weighted by molar-refractivity contribution is 5.42. The van der Waals surface area contributed by atoms with E-state index in [4.69, 9.17) is 8.94 Å². The molecule has 0 aliphatic carbocycles. The van der Waals surface area contributed by atoms with Crippen LogP contribution in [0.1, 0.15) is 37.9 Å². The van der Waals surface area contributed by atoms with E-state index in [1.807, 2.05) is 0 Å². The number of nitrogens with one attached hydrogen (secondary N) is 1. The topological polar surface area (TPSA) is 87.6 Å². The van der Waals surface area contributed by atoms with Crippen LogP contribution in [0.4, 0.5) is 0 Å². The molecule has 7 nitrogen and oxygen atoms in total. The van der Waals surface area contributed by atoms with Gasteiger partial charge in [0.05, 0.1) is 18.4 Å². The summed E-state index contributed by atoms with van der Waals surface area (Å²) in [7, 11) is 0. The Labute approximate surface area is 141 Å². The van der Waals surface area contributed by atoms with Gasteiger partial charge >= 0.3 is 0 Å². The molecule has 0 aromatic carbocycles. The number of rotatable bonds is 5. The monoisotopic (exact) mass is 332 g/mol. The van der Waals surface area contributed by atoms with Gasteiger partial charge in [-0.1, -0.05) is 11.6 Å². The van der Waals surface area contributed by atoms with Crippen LogP contribution in [0, 0.1) is 0 Å². The van der Waals surface area contributed by atoms with Crippen LogP contribution in [0.3, 0.4) is 0 Å². The first-order chi connectivity index (χ1) is 11.7. The van der Waals surface area contributed by atoms with E-state index in [0.29, 0.717) is 30.6 Å². The van der Waals surface area contributed by atoms with Gasteiger partial charge in [-0.2, -0.15) is 4.98 Å². The lowest BCUT2D eigenvalue weighted by atomic mass is 9.79. The summed E-state index contributed by atoms with van der Waals surface area (Å²) in [5, 5.41) is 18.4. The molecule has 0 spiro atoms. The Morgan fingerprint density at radius 3 is 3.12 bits per heavy atom. The van der Waals surface area contributed by atoms with Crippen LogP contribution < -0.4 is 5.32 Å². The zero-order valence-corrected chi connectivity index (χ0v) is 13.8. The van der Waals surface area contributed by atoms with Gasteiger partial charge in [-0.15, -0.1) is 0 Å². The molecule has 7 heteroatoms. The van der Waals surface area contributed by atoms with Gasteiger partial charge in [0.1, 0.15) is 0 Å². The molecule has 2 N–H and O–H groups in total. The lowest BCUT2D eigenvalue weighted by Crippen LogP contribution is -2.62. The Kier molecular flexibility index (Phi) is 4.39. The second kappa shape index (κ2) is 6.66. The molecule has 0 bridgehead atoms. The van der Waals surface area contributed by atoms with Crippen molar-refractivity contribution >= 4 is 0 Å². The van der Waals surface area contributed by atoms with Crippen molar-refractivity contribution in [2.45, 2.75) is 50.3 Å². The number of hydrogen-bond acceptors (Lipinski definition) is 7. The second-order valence-electron chi connectivity index (χ2n) is 6.85. The number of fused-ring (bicyclic) bond motifs is 1. The minimum absolute atomic E-state index is 0.274. The van der Waals surface area contributed by atoms with Crippen molar-refractivity contribution in [3.05, 3.63) is 24.2 Å². The Bertz CT molecular complexity index is 655. The lowest BCUT2D eigenvalue weighted by molar-refractivity contribution is -0.0920. The molecule has 2 aromatic rings. The van der Waals surface area contributed by atoms with Crippen molar-refractivity contribution in [3.8, 4) is 11.7 Å². The molecule has 0 unspecified atom stereocenters. The van der Waals surface area contributed by atoms with Gasteiger partial charge in [0, 0.05) is 12.6 Å². The number of nitrogens with zero attached hydrogens (tertiary/aromatic N) is 3. The molecule has 2 atom stereocenters. The maximum atomic E-state index is 11.1. The van der Waals surface area contributed by atoms with Crippen molar-refractivity contribution in [1.29, 1.82) is 0 Å².